The van der Waals surface area contributed by atoms with Gasteiger partial charge in [-0.25, -0.2) is 0 Å². The van der Waals surface area contributed by atoms with E-state index in [1.54, 1.807) is 0 Å². The van der Waals surface area contributed by atoms with Crippen LogP contribution in [0.25, 0.3) is 0 Å². The molecule has 0 amide bonds. The van der Waals surface area contributed by atoms with Crippen LogP contribution in [0.1, 0.15) is 12.8 Å². The van der Waals surface area contributed by atoms with Crippen LogP contribution in [0.3, 0.4) is 0 Å². The summed E-state index contributed by atoms with van der Waals surface area (Å²) in [6, 6.07) is 7.68. The van der Waals surface area contributed by atoms with E-state index in [1.165, 1.54) is 16.4 Å². The second-order valence-electron chi connectivity index (χ2n) is 5.70. The monoisotopic (exact) mass is 274 g/mol. The Morgan fingerprint density at radius 3 is 2.79 bits per heavy atom. The number of hydrogen-bond donors (Lipinski definition) is 1. The highest BCUT2D eigenvalue weighted by Crippen LogP contribution is 2.51. The summed E-state index contributed by atoms with van der Waals surface area (Å²) in [5, 5.41) is 15.3. The van der Waals surface area contributed by atoms with Crippen LogP contribution in [-0.4, -0.2) is 38.3 Å². The average Bonchev–Trinajstić information content (AvgIpc) is 2.91. The molecular formula is C14H18N4S. The van der Waals surface area contributed by atoms with Crippen LogP contribution < -0.4 is 15.1 Å². The number of nitrogens with zero attached hydrogens (tertiary/aromatic N) is 3. The van der Waals surface area contributed by atoms with E-state index >= 15 is 0 Å². The van der Waals surface area contributed by atoms with Crippen LogP contribution >= 0.6 is 11.3 Å². The Labute approximate surface area is 117 Å². The molecule has 1 N–H and O–H groups in total. The highest BCUT2D eigenvalue weighted by Gasteiger charge is 2.52. The molecular weight excluding hydrogens is 256 g/mol. The Morgan fingerprint density at radius 1 is 1.21 bits per heavy atom. The normalized spacial score (nSPS) is 33.1. The Balaban J connectivity index is 1.56. The molecule has 3 aliphatic rings. The number of piperidine rings is 1. The minimum atomic E-state index is 0.110. The van der Waals surface area contributed by atoms with E-state index in [9.17, 15) is 5.26 Å². The predicted molar refractivity (Wildman–Crippen MR) is 77.8 cm³/mol. The largest absolute Gasteiger partial charge is 0.361 e. The zero-order valence-corrected chi connectivity index (χ0v) is 11.7. The van der Waals surface area contributed by atoms with Gasteiger partial charge in [-0.05, 0) is 30.9 Å². The van der Waals surface area contributed by atoms with Gasteiger partial charge in [0.05, 0.1) is 16.1 Å². The van der Waals surface area contributed by atoms with Gasteiger partial charge in [-0.15, -0.1) is 11.3 Å². The SMILES string of the molecule is N#C[C@@H]1C[C@@H]2C[C@@H]2N1c1ccc(N2CCNCC2)s1. The maximum atomic E-state index is 9.29. The van der Waals surface area contributed by atoms with Crippen molar-refractivity contribution in [2.24, 2.45) is 5.92 Å². The van der Waals surface area contributed by atoms with Gasteiger partial charge in [0.25, 0.3) is 0 Å². The molecule has 0 unspecified atom stereocenters. The number of fused-ring (bicyclic) bond motifs is 1. The van der Waals surface area contributed by atoms with Gasteiger partial charge in [0.2, 0.25) is 0 Å². The van der Waals surface area contributed by atoms with Crippen LogP contribution in [-0.2, 0) is 0 Å². The molecule has 1 saturated carbocycles. The summed E-state index contributed by atoms with van der Waals surface area (Å²) < 4.78 is 0. The van der Waals surface area contributed by atoms with Gasteiger partial charge >= 0.3 is 0 Å². The molecule has 100 valence electrons. The molecule has 0 bridgehead atoms. The lowest BCUT2D eigenvalue weighted by Gasteiger charge is -2.28. The van der Waals surface area contributed by atoms with Crippen molar-refractivity contribution in [2.75, 3.05) is 36.0 Å². The molecule has 3 heterocycles. The minimum Gasteiger partial charge on any atom is -0.361 e. The molecule has 4 nitrogen and oxygen atoms in total. The van der Waals surface area contributed by atoms with Crippen molar-refractivity contribution < 1.29 is 0 Å². The summed E-state index contributed by atoms with van der Waals surface area (Å²) in [7, 11) is 0. The van der Waals surface area contributed by atoms with E-state index in [4.69, 9.17) is 0 Å². The van der Waals surface area contributed by atoms with Gasteiger partial charge in [-0.3, -0.25) is 0 Å². The average molecular weight is 274 g/mol. The van der Waals surface area contributed by atoms with E-state index in [0.29, 0.717) is 6.04 Å². The molecule has 5 heteroatoms. The summed E-state index contributed by atoms with van der Waals surface area (Å²) in [6.45, 7) is 4.33. The van der Waals surface area contributed by atoms with Gasteiger partial charge in [-0.1, -0.05) is 0 Å². The predicted octanol–water partition coefficient (Wildman–Crippen LogP) is 1.65. The van der Waals surface area contributed by atoms with E-state index in [1.807, 2.05) is 11.3 Å². The molecule has 2 saturated heterocycles. The first-order chi connectivity index (χ1) is 9.36. The van der Waals surface area contributed by atoms with Crippen LogP contribution in [0, 0.1) is 17.2 Å². The van der Waals surface area contributed by atoms with Crippen LogP contribution in [0.5, 0.6) is 0 Å². The van der Waals surface area contributed by atoms with Gasteiger partial charge in [0, 0.05) is 32.2 Å². The maximum absolute atomic E-state index is 9.29. The Hall–Kier alpha value is -1.25. The van der Waals surface area contributed by atoms with Crippen molar-refractivity contribution in [3.05, 3.63) is 12.1 Å². The second kappa shape index (κ2) is 4.39. The van der Waals surface area contributed by atoms with Crippen LogP contribution in [0.4, 0.5) is 10.0 Å². The van der Waals surface area contributed by atoms with Crippen molar-refractivity contribution in [2.45, 2.75) is 24.9 Å². The number of piperazine rings is 1. The third kappa shape index (κ3) is 1.90. The second-order valence-corrected chi connectivity index (χ2v) is 6.74. The zero-order chi connectivity index (χ0) is 12.8. The van der Waals surface area contributed by atoms with Crippen LogP contribution in [0.2, 0.25) is 0 Å². The first kappa shape index (κ1) is 11.6. The third-order valence-corrected chi connectivity index (χ3v) is 5.67. The minimum absolute atomic E-state index is 0.110. The number of anilines is 2. The molecule has 3 fully saturated rings. The van der Waals surface area contributed by atoms with Gasteiger partial charge in [0.15, 0.2) is 0 Å². The standard InChI is InChI=1S/C14H18N4S/c15-9-11-7-10-8-12(10)18(11)14-2-1-13(19-14)17-5-3-16-4-6-17/h1-2,10-12,16H,3-8H2/t10-,11+,12+/m1/s1. The molecule has 0 spiro atoms. The number of nitrogens with one attached hydrogen (secondary N) is 1. The summed E-state index contributed by atoms with van der Waals surface area (Å²) in [4.78, 5) is 4.83. The molecule has 1 aliphatic carbocycles. The Bertz CT molecular complexity index is 514. The fourth-order valence-electron chi connectivity index (χ4n) is 3.40. The number of rotatable bonds is 2. The Morgan fingerprint density at radius 2 is 2.00 bits per heavy atom. The van der Waals surface area contributed by atoms with Crippen molar-refractivity contribution in [3.63, 3.8) is 0 Å². The first-order valence-electron chi connectivity index (χ1n) is 7.10. The molecule has 0 aromatic carbocycles. The van der Waals surface area contributed by atoms with Gasteiger partial charge < -0.3 is 15.1 Å². The lowest BCUT2D eigenvalue weighted by molar-refractivity contribution is 0.592. The molecule has 1 aromatic rings. The molecule has 19 heavy (non-hydrogen) atoms. The molecule has 4 rings (SSSR count). The van der Waals surface area contributed by atoms with Gasteiger partial charge in [0.1, 0.15) is 6.04 Å². The number of thiophene rings is 1. The molecule has 1 aromatic heterocycles. The fraction of sp³-hybridized carbons (Fsp3) is 0.643. The van der Waals surface area contributed by atoms with E-state index in [-0.39, 0.29) is 6.04 Å². The number of hydrogen-bond acceptors (Lipinski definition) is 5. The third-order valence-electron chi connectivity index (χ3n) is 4.51. The zero-order valence-electron chi connectivity index (χ0n) is 10.9. The van der Waals surface area contributed by atoms with Gasteiger partial charge in [-0.2, -0.15) is 5.26 Å². The van der Waals surface area contributed by atoms with Crippen molar-refractivity contribution in [3.8, 4) is 6.07 Å². The van der Waals surface area contributed by atoms with E-state index in [2.05, 4.69) is 33.3 Å². The van der Waals surface area contributed by atoms with Crippen molar-refractivity contribution >= 4 is 21.3 Å². The highest BCUT2D eigenvalue weighted by atomic mass is 32.1. The molecule has 0 radical (unpaired) electrons. The lowest BCUT2D eigenvalue weighted by Crippen LogP contribution is -2.43. The summed E-state index contributed by atoms with van der Waals surface area (Å²) in [5.74, 6) is 0.786. The molecule has 3 atom stereocenters. The summed E-state index contributed by atoms with van der Waals surface area (Å²) >= 11 is 1.86. The summed E-state index contributed by atoms with van der Waals surface area (Å²) in [6.07, 6.45) is 2.36. The van der Waals surface area contributed by atoms with E-state index < -0.39 is 0 Å². The summed E-state index contributed by atoms with van der Waals surface area (Å²) in [5.41, 5.74) is 0. The van der Waals surface area contributed by atoms with E-state index in [0.717, 1.165) is 38.5 Å². The Kier molecular flexibility index (Phi) is 2.68. The van der Waals surface area contributed by atoms with Crippen LogP contribution in [0.15, 0.2) is 12.1 Å². The fourth-order valence-corrected chi connectivity index (χ4v) is 4.57. The lowest BCUT2D eigenvalue weighted by atomic mass is 10.2. The van der Waals surface area contributed by atoms with Crippen molar-refractivity contribution in [1.82, 2.24) is 5.32 Å². The highest BCUT2D eigenvalue weighted by molar-refractivity contribution is 7.20. The topological polar surface area (TPSA) is 42.3 Å². The molecule has 2 aliphatic heterocycles. The maximum Gasteiger partial charge on any atom is 0.118 e. The number of nitriles is 1. The smallest absolute Gasteiger partial charge is 0.118 e. The first-order valence-corrected chi connectivity index (χ1v) is 7.92. The quantitative estimate of drug-likeness (QED) is 0.890. The van der Waals surface area contributed by atoms with Crippen molar-refractivity contribution in [1.29, 1.82) is 5.26 Å².